The van der Waals surface area contributed by atoms with Crippen LogP contribution in [0.2, 0.25) is 0 Å². The van der Waals surface area contributed by atoms with Crippen molar-refractivity contribution in [1.82, 2.24) is 5.32 Å². The van der Waals surface area contributed by atoms with E-state index in [1.54, 1.807) is 18.4 Å². The molecule has 2 aromatic carbocycles. The summed E-state index contributed by atoms with van der Waals surface area (Å²) in [6.07, 6.45) is 1.55. The molecule has 128 valence electrons. The highest BCUT2D eigenvalue weighted by Gasteiger charge is 2.18. The van der Waals surface area contributed by atoms with Gasteiger partial charge in [-0.2, -0.15) is 0 Å². The minimum atomic E-state index is -0.694. The van der Waals surface area contributed by atoms with Gasteiger partial charge in [-0.25, -0.2) is 8.78 Å². The number of carbonyl (C=O) groups excluding carboxylic acids is 1. The molecule has 1 heterocycles. The highest BCUT2D eigenvalue weighted by atomic mass is 19.1. The van der Waals surface area contributed by atoms with Gasteiger partial charge in [0.25, 0.3) is 0 Å². The van der Waals surface area contributed by atoms with Gasteiger partial charge in [0.1, 0.15) is 17.4 Å². The minimum Gasteiger partial charge on any atom is -0.467 e. The largest absolute Gasteiger partial charge is 0.467 e. The molecule has 0 spiro atoms. The Kier molecular flexibility index (Phi) is 5.20. The molecule has 1 amide bonds. The summed E-state index contributed by atoms with van der Waals surface area (Å²) in [7, 11) is 0. The van der Waals surface area contributed by atoms with Crippen LogP contribution in [0, 0.1) is 11.6 Å². The Hall–Kier alpha value is -2.99. The highest BCUT2D eigenvalue weighted by Crippen LogP contribution is 2.22. The Labute approximate surface area is 143 Å². The second-order valence-corrected chi connectivity index (χ2v) is 5.41. The molecule has 3 rings (SSSR count). The van der Waals surface area contributed by atoms with Gasteiger partial charge in [-0.1, -0.05) is 30.3 Å². The lowest BCUT2D eigenvalue weighted by molar-refractivity contribution is -0.115. The van der Waals surface area contributed by atoms with Gasteiger partial charge in [-0.15, -0.1) is 0 Å². The summed E-state index contributed by atoms with van der Waals surface area (Å²) in [4.78, 5) is 12.1. The first kappa shape index (κ1) is 16.9. The van der Waals surface area contributed by atoms with Crippen molar-refractivity contribution in [3.63, 3.8) is 0 Å². The van der Waals surface area contributed by atoms with Crippen molar-refractivity contribution in [1.29, 1.82) is 0 Å². The van der Waals surface area contributed by atoms with E-state index in [9.17, 15) is 13.6 Å². The molecule has 0 saturated heterocycles. The number of nitrogens with one attached hydrogen (secondary N) is 2. The molecule has 0 aliphatic rings. The van der Waals surface area contributed by atoms with Crippen molar-refractivity contribution < 1.29 is 18.0 Å². The lowest BCUT2D eigenvalue weighted by Gasteiger charge is -2.17. The third kappa shape index (κ3) is 4.30. The number of hydrogen-bond acceptors (Lipinski definition) is 3. The van der Waals surface area contributed by atoms with Gasteiger partial charge in [-0.05, 0) is 29.8 Å². The average molecular weight is 342 g/mol. The number of benzene rings is 2. The fourth-order valence-electron chi connectivity index (χ4n) is 2.47. The molecule has 2 N–H and O–H groups in total. The topological polar surface area (TPSA) is 54.3 Å². The third-order valence-corrected chi connectivity index (χ3v) is 3.63. The molecule has 0 radical (unpaired) electrons. The lowest BCUT2D eigenvalue weighted by atomic mass is 10.0. The summed E-state index contributed by atoms with van der Waals surface area (Å²) in [6, 6.07) is 15.6. The van der Waals surface area contributed by atoms with Crippen LogP contribution in [0.15, 0.2) is 71.3 Å². The Morgan fingerprint density at radius 1 is 1.04 bits per heavy atom. The van der Waals surface area contributed by atoms with E-state index in [2.05, 4.69) is 10.6 Å². The molecule has 1 atom stereocenters. The van der Waals surface area contributed by atoms with E-state index in [0.717, 1.165) is 23.8 Å². The van der Waals surface area contributed by atoms with E-state index in [-0.39, 0.29) is 18.3 Å². The van der Waals surface area contributed by atoms with Crippen LogP contribution in [-0.2, 0) is 4.79 Å². The summed E-state index contributed by atoms with van der Waals surface area (Å²) < 4.78 is 32.2. The Morgan fingerprint density at radius 3 is 2.56 bits per heavy atom. The zero-order valence-electron chi connectivity index (χ0n) is 13.2. The van der Waals surface area contributed by atoms with Crippen LogP contribution in [0.25, 0.3) is 0 Å². The van der Waals surface area contributed by atoms with Crippen LogP contribution >= 0.6 is 0 Å². The van der Waals surface area contributed by atoms with Gasteiger partial charge in [0.15, 0.2) is 0 Å². The lowest BCUT2D eigenvalue weighted by Crippen LogP contribution is -2.32. The second-order valence-electron chi connectivity index (χ2n) is 5.41. The predicted molar refractivity (Wildman–Crippen MR) is 90.0 cm³/mol. The van der Waals surface area contributed by atoms with E-state index in [1.807, 2.05) is 30.3 Å². The molecule has 0 unspecified atom stereocenters. The van der Waals surface area contributed by atoms with Gasteiger partial charge in [-0.3, -0.25) is 10.1 Å². The minimum absolute atomic E-state index is 0.101. The molecule has 1 aromatic heterocycles. The predicted octanol–water partition coefficient (Wildman–Crippen LogP) is 3.88. The number of halogens is 2. The first-order chi connectivity index (χ1) is 12.1. The molecular formula is C19H16F2N2O2. The average Bonchev–Trinajstić information content (AvgIpc) is 3.14. The second kappa shape index (κ2) is 7.72. The van der Waals surface area contributed by atoms with Gasteiger partial charge >= 0.3 is 0 Å². The summed E-state index contributed by atoms with van der Waals surface area (Å²) in [5, 5.41) is 5.43. The first-order valence-corrected chi connectivity index (χ1v) is 7.70. The molecule has 6 heteroatoms. The van der Waals surface area contributed by atoms with Crippen LogP contribution in [0.4, 0.5) is 14.5 Å². The molecule has 4 nitrogen and oxygen atoms in total. The number of carbonyl (C=O) groups is 1. The Balaban J connectivity index is 1.69. The van der Waals surface area contributed by atoms with E-state index in [1.165, 1.54) is 0 Å². The molecular weight excluding hydrogens is 326 g/mol. The van der Waals surface area contributed by atoms with Crippen molar-refractivity contribution in [2.75, 3.05) is 11.9 Å². The van der Waals surface area contributed by atoms with E-state index >= 15 is 0 Å². The van der Waals surface area contributed by atoms with Crippen molar-refractivity contribution >= 4 is 11.6 Å². The molecule has 0 aliphatic carbocycles. The Morgan fingerprint density at radius 2 is 1.84 bits per heavy atom. The molecule has 3 aromatic rings. The summed E-state index contributed by atoms with van der Waals surface area (Å²) in [5.41, 5.74) is 0.725. The fourth-order valence-corrected chi connectivity index (χ4v) is 2.47. The Bertz CT molecular complexity index is 836. The number of rotatable bonds is 6. The zero-order chi connectivity index (χ0) is 17.6. The first-order valence-electron chi connectivity index (χ1n) is 7.70. The SMILES string of the molecule is O=C(CN[C@H](c1ccccc1)c1ccco1)Nc1cc(F)ccc1F. The standard InChI is InChI=1S/C19H16F2N2O2/c20-14-8-9-15(21)16(11-14)23-18(24)12-22-19(17-7-4-10-25-17)13-5-2-1-3-6-13/h1-11,19,22H,12H2,(H,23,24)/t19-/m1/s1. The molecule has 0 aliphatic heterocycles. The van der Waals surface area contributed by atoms with E-state index < -0.39 is 17.5 Å². The van der Waals surface area contributed by atoms with Gasteiger partial charge in [0, 0.05) is 6.07 Å². The van der Waals surface area contributed by atoms with Gasteiger partial charge in [0.05, 0.1) is 24.5 Å². The number of anilines is 1. The maximum atomic E-state index is 13.6. The van der Waals surface area contributed by atoms with Crippen molar-refractivity contribution in [2.45, 2.75) is 6.04 Å². The summed E-state index contributed by atoms with van der Waals surface area (Å²) >= 11 is 0. The molecule has 25 heavy (non-hydrogen) atoms. The summed E-state index contributed by atoms with van der Waals surface area (Å²) in [6.45, 7) is -0.101. The molecule has 0 bridgehead atoms. The number of furan rings is 1. The fraction of sp³-hybridized carbons (Fsp3) is 0.105. The quantitative estimate of drug-likeness (QED) is 0.715. The van der Waals surface area contributed by atoms with Crippen molar-refractivity contribution in [2.24, 2.45) is 0 Å². The number of amides is 1. The van der Waals surface area contributed by atoms with Gasteiger partial charge < -0.3 is 9.73 Å². The van der Waals surface area contributed by atoms with Crippen LogP contribution < -0.4 is 10.6 Å². The van der Waals surface area contributed by atoms with Crippen LogP contribution in [0.1, 0.15) is 17.4 Å². The van der Waals surface area contributed by atoms with Crippen molar-refractivity contribution in [3.05, 3.63) is 89.9 Å². The molecule has 0 fully saturated rings. The smallest absolute Gasteiger partial charge is 0.238 e. The van der Waals surface area contributed by atoms with Gasteiger partial charge in [0.2, 0.25) is 5.91 Å². The maximum Gasteiger partial charge on any atom is 0.238 e. The summed E-state index contributed by atoms with van der Waals surface area (Å²) in [5.74, 6) is -1.16. The number of hydrogen-bond donors (Lipinski definition) is 2. The van der Waals surface area contributed by atoms with E-state index in [4.69, 9.17) is 4.42 Å². The van der Waals surface area contributed by atoms with Crippen LogP contribution in [0.3, 0.4) is 0 Å². The third-order valence-electron chi connectivity index (χ3n) is 3.63. The molecule has 0 saturated carbocycles. The maximum absolute atomic E-state index is 13.6. The van der Waals surface area contributed by atoms with Crippen molar-refractivity contribution in [3.8, 4) is 0 Å². The zero-order valence-corrected chi connectivity index (χ0v) is 13.2. The van der Waals surface area contributed by atoms with Crippen LogP contribution in [-0.4, -0.2) is 12.5 Å². The van der Waals surface area contributed by atoms with E-state index in [0.29, 0.717) is 5.76 Å². The monoisotopic (exact) mass is 342 g/mol. The normalized spacial score (nSPS) is 11.9. The van der Waals surface area contributed by atoms with Crippen LogP contribution in [0.5, 0.6) is 0 Å². The highest BCUT2D eigenvalue weighted by molar-refractivity contribution is 5.92.